The van der Waals surface area contributed by atoms with Gasteiger partial charge in [-0.05, 0) is 31.0 Å². The molecule has 1 aromatic carbocycles. The fourth-order valence-corrected chi connectivity index (χ4v) is 3.08. The minimum Gasteiger partial charge on any atom is -0.481 e. The van der Waals surface area contributed by atoms with Crippen molar-refractivity contribution in [3.63, 3.8) is 0 Å². The highest BCUT2D eigenvalue weighted by atomic mass is 16.5. The van der Waals surface area contributed by atoms with Crippen molar-refractivity contribution in [3.05, 3.63) is 23.8 Å². The number of carbonyl (C=O) groups is 1. The number of aromatic nitrogens is 2. The molecule has 1 N–H and O–H groups in total. The largest absolute Gasteiger partial charge is 0.481 e. The maximum atomic E-state index is 12.3. The second kappa shape index (κ2) is 5.76. The van der Waals surface area contributed by atoms with Crippen molar-refractivity contribution < 1.29 is 9.53 Å². The number of fused-ring (bicyclic) bond motifs is 1. The van der Waals surface area contributed by atoms with Crippen LogP contribution in [-0.4, -0.2) is 28.8 Å². The molecular formula is C16H21N3O2. The number of hydrogen-bond donors (Lipinski definition) is 1. The van der Waals surface area contributed by atoms with Gasteiger partial charge in [0.1, 0.15) is 0 Å². The first-order valence-corrected chi connectivity index (χ1v) is 7.50. The molecule has 112 valence electrons. The first-order chi connectivity index (χ1) is 10.2. The van der Waals surface area contributed by atoms with Gasteiger partial charge in [0.25, 0.3) is 5.91 Å². The van der Waals surface area contributed by atoms with Gasteiger partial charge in [0.15, 0.2) is 0 Å². The van der Waals surface area contributed by atoms with E-state index in [-0.39, 0.29) is 5.91 Å². The van der Waals surface area contributed by atoms with Crippen LogP contribution in [0.4, 0.5) is 0 Å². The molecule has 1 heterocycles. The Morgan fingerprint density at radius 1 is 1.33 bits per heavy atom. The normalized spacial score (nSPS) is 16.1. The SMILES string of the molecule is COc1c2ccc(C(=O)NC3CCCCC3)cc2nn1C. The Morgan fingerprint density at radius 3 is 2.81 bits per heavy atom. The van der Waals surface area contributed by atoms with E-state index in [0.29, 0.717) is 17.5 Å². The van der Waals surface area contributed by atoms with Crippen LogP contribution in [0.5, 0.6) is 5.88 Å². The molecule has 5 nitrogen and oxygen atoms in total. The van der Waals surface area contributed by atoms with Gasteiger partial charge in [-0.15, -0.1) is 0 Å². The fraction of sp³-hybridized carbons (Fsp3) is 0.500. The Labute approximate surface area is 124 Å². The molecule has 0 unspecified atom stereocenters. The van der Waals surface area contributed by atoms with Crippen molar-refractivity contribution in [2.24, 2.45) is 7.05 Å². The lowest BCUT2D eigenvalue weighted by atomic mass is 9.95. The second-order valence-corrected chi connectivity index (χ2v) is 5.67. The zero-order valence-corrected chi connectivity index (χ0v) is 12.6. The van der Waals surface area contributed by atoms with Gasteiger partial charge in [0.2, 0.25) is 5.88 Å². The van der Waals surface area contributed by atoms with E-state index < -0.39 is 0 Å². The number of ether oxygens (including phenoxy) is 1. The van der Waals surface area contributed by atoms with Crippen LogP contribution in [-0.2, 0) is 7.05 Å². The number of rotatable bonds is 3. The number of nitrogens with one attached hydrogen (secondary N) is 1. The Kier molecular flexibility index (Phi) is 3.82. The minimum absolute atomic E-state index is 0.00609. The average Bonchev–Trinajstić information content (AvgIpc) is 2.82. The lowest BCUT2D eigenvalue weighted by molar-refractivity contribution is 0.0928. The Morgan fingerprint density at radius 2 is 2.10 bits per heavy atom. The van der Waals surface area contributed by atoms with Crippen LogP contribution in [0.2, 0.25) is 0 Å². The molecule has 1 aliphatic rings. The number of methoxy groups -OCH3 is 1. The van der Waals surface area contributed by atoms with Gasteiger partial charge in [0.05, 0.1) is 18.0 Å². The number of benzene rings is 1. The van der Waals surface area contributed by atoms with E-state index in [1.54, 1.807) is 11.8 Å². The highest BCUT2D eigenvalue weighted by Gasteiger charge is 2.18. The summed E-state index contributed by atoms with van der Waals surface area (Å²) in [6.45, 7) is 0. The number of hydrogen-bond acceptors (Lipinski definition) is 3. The zero-order valence-electron chi connectivity index (χ0n) is 12.6. The third-order valence-electron chi connectivity index (χ3n) is 4.18. The molecule has 0 aliphatic heterocycles. The van der Waals surface area contributed by atoms with Crippen molar-refractivity contribution in [2.45, 2.75) is 38.1 Å². The fourth-order valence-electron chi connectivity index (χ4n) is 3.08. The summed E-state index contributed by atoms with van der Waals surface area (Å²) in [5.74, 6) is 0.706. The number of aryl methyl sites for hydroxylation is 1. The van der Waals surface area contributed by atoms with Gasteiger partial charge in [-0.1, -0.05) is 19.3 Å². The average molecular weight is 287 g/mol. The van der Waals surface area contributed by atoms with Crippen molar-refractivity contribution in [1.82, 2.24) is 15.1 Å². The maximum Gasteiger partial charge on any atom is 0.251 e. The molecular weight excluding hydrogens is 266 g/mol. The molecule has 0 atom stereocenters. The molecule has 5 heteroatoms. The summed E-state index contributed by atoms with van der Waals surface area (Å²) in [4.78, 5) is 12.3. The molecule has 1 aromatic heterocycles. The molecule has 1 saturated carbocycles. The summed E-state index contributed by atoms with van der Waals surface area (Å²) < 4.78 is 7.01. The van der Waals surface area contributed by atoms with Crippen molar-refractivity contribution in [2.75, 3.05) is 7.11 Å². The van der Waals surface area contributed by atoms with Gasteiger partial charge >= 0.3 is 0 Å². The summed E-state index contributed by atoms with van der Waals surface area (Å²) >= 11 is 0. The summed E-state index contributed by atoms with van der Waals surface area (Å²) in [7, 11) is 3.46. The summed E-state index contributed by atoms with van der Waals surface area (Å²) in [5.41, 5.74) is 1.44. The van der Waals surface area contributed by atoms with Crippen LogP contribution in [0.25, 0.3) is 10.9 Å². The summed E-state index contributed by atoms with van der Waals surface area (Å²) in [6.07, 6.45) is 5.88. The number of amides is 1. The van der Waals surface area contributed by atoms with E-state index in [9.17, 15) is 4.79 Å². The zero-order chi connectivity index (χ0) is 14.8. The van der Waals surface area contributed by atoms with Crippen LogP contribution >= 0.6 is 0 Å². The molecule has 1 amide bonds. The van der Waals surface area contributed by atoms with Gasteiger partial charge in [-0.2, -0.15) is 5.10 Å². The predicted octanol–water partition coefficient (Wildman–Crippen LogP) is 2.64. The summed E-state index contributed by atoms with van der Waals surface area (Å²) in [6, 6.07) is 5.89. The molecule has 0 saturated heterocycles. The molecule has 1 aliphatic carbocycles. The van der Waals surface area contributed by atoms with Crippen LogP contribution in [0.3, 0.4) is 0 Å². The summed E-state index contributed by atoms with van der Waals surface area (Å²) in [5, 5.41) is 8.44. The van der Waals surface area contributed by atoms with Gasteiger partial charge < -0.3 is 10.1 Å². The Bertz CT molecular complexity index is 657. The highest BCUT2D eigenvalue weighted by Crippen LogP contribution is 2.25. The Hall–Kier alpha value is -2.04. The Balaban J connectivity index is 1.81. The quantitative estimate of drug-likeness (QED) is 0.944. The third kappa shape index (κ3) is 2.73. The van der Waals surface area contributed by atoms with Crippen molar-refractivity contribution >= 4 is 16.8 Å². The van der Waals surface area contributed by atoms with E-state index in [2.05, 4.69) is 10.4 Å². The van der Waals surface area contributed by atoms with Gasteiger partial charge in [-0.3, -0.25) is 4.79 Å². The lowest BCUT2D eigenvalue weighted by Crippen LogP contribution is -2.36. The van der Waals surface area contributed by atoms with Gasteiger partial charge in [-0.25, -0.2) is 4.68 Å². The molecule has 1 fully saturated rings. The first kappa shape index (κ1) is 13.9. The van der Waals surface area contributed by atoms with Crippen LogP contribution in [0.1, 0.15) is 42.5 Å². The second-order valence-electron chi connectivity index (χ2n) is 5.67. The topological polar surface area (TPSA) is 56.1 Å². The molecule has 2 aromatic rings. The van der Waals surface area contributed by atoms with Crippen LogP contribution in [0.15, 0.2) is 18.2 Å². The maximum absolute atomic E-state index is 12.3. The highest BCUT2D eigenvalue weighted by molar-refractivity contribution is 5.98. The molecule has 0 spiro atoms. The van der Waals surface area contributed by atoms with Crippen LogP contribution in [0, 0.1) is 0 Å². The minimum atomic E-state index is -0.00609. The monoisotopic (exact) mass is 287 g/mol. The van der Waals surface area contributed by atoms with Crippen molar-refractivity contribution in [3.8, 4) is 5.88 Å². The predicted molar refractivity (Wildman–Crippen MR) is 81.6 cm³/mol. The number of carbonyl (C=O) groups excluding carboxylic acids is 1. The van der Waals surface area contributed by atoms with E-state index >= 15 is 0 Å². The molecule has 21 heavy (non-hydrogen) atoms. The van der Waals surface area contributed by atoms with E-state index in [1.807, 2.05) is 25.2 Å². The van der Waals surface area contributed by atoms with E-state index in [1.165, 1.54) is 19.3 Å². The van der Waals surface area contributed by atoms with E-state index in [4.69, 9.17) is 4.74 Å². The van der Waals surface area contributed by atoms with E-state index in [0.717, 1.165) is 23.7 Å². The first-order valence-electron chi connectivity index (χ1n) is 7.50. The standard InChI is InChI=1S/C16H21N3O2/c1-19-16(21-2)13-9-8-11(10-14(13)18-19)15(20)17-12-6-4-3-5-7-12/h8-10,12H,3-7H2,1-2H3,(H,17,20). The number of nitrogens with zero attached hydrogens (tertiary/aromatic N) is 2. The van der Waals surface area contributed by atoms with Crippen molar-refractivity contribution in [1.29, 1.82) is 0 Å². The third-order valence-corrected chi connectivity index (χ3v) is 4.18. The molecule has 0 bridgehead atoms. The van der Waals surface area contributed by atoms with Gasteiger partial charge in [0, 0.05) is 18.7 Å². The molecule has 3 rings (SSSR count). The smallest absolute Gasteiger partial charge is 0.251 e. The van der Waals surface area contributed by atoms with Crippen LogP contribution < -0.4 is 10.1 Å². The molecule has 0 radical (unpaired) electrons. The lowest BCUT2D eigenvalue weighted by Gasteiger charge is -2.22.